The average Bonchev–Trinajstić information content (AvgIpc) is 2.83. The summed E-state index contributed by atoms with van der Waals surface area (Å²) in [5.74, 6) is 0.641. The lowest BCUT2D eigenvalue weighted by atomic mass is 10.0. The van der Waals surface area contributed by atoms with E-state index in [2.05, 4.69) is 20.2 Å². The van der Waals surface area contributed by atoms with Crippen LogP contribution in [0.1, 0.15) is 42.3 Å². The second-order valence-electron chi connectivity index (χ2n) is 8.50. The highest BCUT2D eigenvalue weighted by atomic mass is 35.5. The van der Waals surface area contributed by atoms with E-state index in [4.69, 9.17) is 27.9 Å². The fraction of sp³-hybridized carbons (Fsp3) is 0.240. The van der Waals surface area contributed by atoms with E-state index < -0.39 is 11.2 Å². The number of aromatic amines is 2. The molecular weight excluding hydrogens is 505 g/mol. The second kappa shape index (κ2) is 10.5. The van der Waals surface area contributed by atoms with Gasteiger partial charge in [-0.05, 0) is 35.4 Å². The number of hydrogen-bond donors (Lipinski definition) is 2. The lowest BCUT2D eigenvalue weighted by molar-refractivity contribution is 0.414. The van der Waals surface area contributed by atoms with E-state index in [0.29, 0.717) is 39.1 Å². The summed E-state index contributed by atoms with van der Waals surface area (Å²) in [5, 5.41) is 6.57. The monoisotopic (exact) mass is 527 g/mol. The van der Waals surface area contributed by atoms with Crippen molar-refractivity contribution in [2.24, 2.45) is 0 Å². The normalized spacial score (nSPS) is 11.2. The molecule has 0 amide bonds. The molecule has 36 heavy (non-hydrogen) atoms. The Kier molecular flexibility index (Phi) is 7.42. The lowest BCUT2D eigenvalue weighted by Crippen LogP contribution is -2.27. The largest absolute Gasteiger partial charge is 0.497 e. The molecule has 0 saturated heterocycles. The Labute approximate surface area is 215 Å². The zero-order chi connectivity index (χ0) is 26.0. The van der Waals surface area contributed by atoms with Gasteiger partial charge in [0.05, 0.1) is 19.3 Å². The molecule has 11 heteroatoms. The highest BCUT2D eigenvalue weighted by Gasteiger charge is 2.17. The van der Waals surface area contributed by atoms with Gasteiger partial charge in [0, 0.05) is 34.1 Å². The summed E-state index contributed by atoms with van der Waals surface area (Å²) >= 11 is 13.1. The molecule has 4 aromatic rings. The van der Waals surface area contributed by atoms with Crippen molar-refractivity contribution < 1.29 is 4.74 Å². The van der Waals surface area contributed by atoms with E-state index in [0.717, 1.165) is 11.3 Å². The Balaban J connectivity index is 1.71. The molecule has 0 aliphatic heterocycles. The molecule has 0 unspecified atom stereocenters. The van der Waals surface area contributed by atoms with Crippen LogP contribution in [0.25, 0.3) is 11.3 Å². The van der Waals surface area contributed by atoms with Crippen LogP contribution in [0.4, 0.5) is 0 Å². The molecule has 2 N–H and O–H groups in total. The minimum Gasteiger partial charge on any atom is -0.497 e. The van der Waals surface area contributed by atoms with Gasteiger partial charge in [0.2, 0.25) is 0 Å². The molecular formula is C25H23Cl2N5O4. The maximum absolute atomic E-state index is 13.1. The summed E-state index contributed by atoms with van der Waals surface area (Å²) < 4.78 is 6.83. The topological polar surface area (TPSA) is 123 Å². The molecule has 9 nitrogen and oxygen atoms in total. The van der Waals surface area contributed by atoms with Gasteiger partial charge in [-0.1, -0.05) is 49.2 Å². The summed E-state index contributed by atoms with van der Waals surface area (Å²) in [4.78, 5) is 43.2. The maximum atomic E-state index is 13.1. The van der Waals surface area contributed by atoms with E-state index in [1.807, 2.05) is 38.1 Å². The fourth-order valence-corrected chi connectivity index (χ4v) is 4.38. The van der Waals surface area contributed by atoms with E-state index in [-0.39, 0.29) is 23.6 Å². The summed E-state index contributed by atoms with van der Waals surface area (Å²) in [5.41, 5.74) is 1.37. The predicted octanol–water partition coefficient (Wildman–Crippen LogP) is 3.76. The third-order valence-corrected chi connectivity index (χ3v) is 6.27. The number of nitrogens with zero attached hydrogens (tertiary/aromatic N) is 3. The zero-order valence-corrected chi connectivity index (χ0v) is 21.3. The molecule has 0 aliphatic rings. The first-order chi connectivity index (χ1) is 17.2. The first kappa shape index (κ1) is 25.4. The molecule has 0 fully saturated rings. The number of rotatable bonds is 7. The predicted molar refractivity (Wildman–Crippen MR) is 138 cm³/mol. The van der Waals surface area contributed by atoms with Crippen LogP contribution in [-0.4, -0.2) is 31.8 Å². The molecule has 2 aromatic carbocycles. The molecule has 186 valence electrons. The van der Waals surface area contributed by atoms with Crippen LogP contribution in [0.2, 0.25) is 10.0 Å². The third kappa shape index (κ3) is 5.42. The molecule has 0 atom stereocenters. The van der Waals surface area contributed by atoms with Gasteiger partial charge < -0.3 is 9.30 Å². The van der Waals surface area contributed by atoms with Crippen molar-refractivity contribution in [2.45, 2.75) is 32.7 Å². The standard InChI is InChI=1S/C25H23Cl2N5O4/c1-13(2)21-24(34)32(11-14-4-6-17(36-3)7-5-14)12-16(28-21)10-18-19(26)8-15(9-20(18)27)22-23(33)29-25(35)31-30-22/h4-9,12-13H,10-11H2,1-3H3,(H2,29,31,33,35). The summed E-state index contributed by atoms with van der Waals surface area (Å²) in [6, 6.07) is 10.6. The lowest BCUT2D eigenvalue weighted by Gasteiger charge is -2.15. The quantitative estimate of drug-likeness (QED) is 0.377. The van der Waals surface area contributed by atoms with E-state index in [1.54, 1.807) is 30.0 Å². The molecule has 2 heterocycles. The van der Waals surface area contributed by atoms with Gasteiger partial charge in [-0.15, -0.1) is 0 Å². The first-order valence-electron chi connectivity index (χ1n) is 11.1. The number of ether oxygens (including phenoxy) is 1. The summed E-state index contributed by atoms with van der Waals surface area (Å²) in [6.07, 6.45) is 1.96. The molecule has 2 aromatic heterocycles. The Hall–Kier alpha value is -3.69. The van der Waals surface area contributed by atoms with Crippen LogP contribution in [0.3, 0.4) is 0 Å². The summed E-state index contributed by atoms with van der Waals surface area (Å²) in [6.45, 7) is 4.18. The molecule has 0 saturated carbocycles. The van der Waals surface area contributed by atoms with Crippen LogP contribution in [0.15, 0.2) is 57.0 Å². The Morgan fingerprint density at radius 1 is 1.06 bits per heavy atom. The van der Waals surface area contributed by atoms with Crippen LogP contribution in [0, 0.1) is 0 Å². The van der Waals surface area contributed by atoms with E-state index in [9.17, 15) is 14.4 Å². The number of halogens is 2. The van der Waals surface area contributed by atoms with E-state index >= 15 is 0 Å². The number of benzene rings is 2. The van der Waals surface area contributed by atoms with Crippen LogP contribution in [0.5, 0.6) is 5.75 Å². The fourth-order valence-electron chi connectivity index (χ4n) is 3.76. The van der Waals surface area contributed by atoms with Gasteiger partial charge in [0.1, 0.15) is 11.4 Å². The van der Waals surface area contributed by atoms with Crippen molar-refractivity contribution >= 4 is 23.2 Å². The zero-order valence-electron chi connectivity index (χ0n) is 19.8. The minimum atomic E-state index is -0.714. The van der Waals surface area contributed by atoms with Crippen molar-refractivity contribution in [3.63, 3.8) is 0 Å². The van der Waals surface area contributed by atoms with Crippen LogP contribution >= 0.6 is 23.2 Å². The number of H-pyrrole nitrogens is 2. The van der Waals surface area contributed by atoms with Gasteiger partial charge >= 0.3 is 5.69 Å². The smallest absolute Gasteiger partial charge is 0.342 e. The summed E-state index contributed by atoms with van der Waals surface area (Å²) in [7, 11) is 1.60. The Morgan fingerprint density at radius 3 is 2.31 bits per heavy atom. The van der Waals surface area contributed by atoms with Crippen molar-refractivity contribution in [2.75, 3.05) is 7.11 Å². The van der Waals surface area contributed by atoms with Crippen molar-refractivity contribution in [3.8, 4) is 17.0 Å². The molecule has 0 spiro atoms. The Bertz CT molecular complexity index is 1570. The van der Waals surface area contributed by atoms with Gasteiger partial charge in [0.25, 0.3) is 11.1 Å². The SMILES string of the molecule is COc1ccc(Cn2cc(Cc3c(Cl)cc(-c4n[nH]c(=O)[nH]c4=O)cc3Cl)nc(C(C)C)c2=O)cc1. The van der Waals surface area contributed by atoms with Gasteiger partial charge in [-0.3, -0.25) is 14.6 Å². The van der Waals surface area contributed by atoms with Gasteiger partial charge in [-0.25, -0.2) is 14.9 Å². The van der Waals surface area contributed by atoms with Gasteiger partial charge in [-0.2, -0.15) is 5.10 Å². The van der Waals surface area contributed by atoms with Crippen LogP contribution in [-0.2, 0) is 13.0 Å². The highest BCUT2D eigenvalue weighted by molar-refractivity contribution is 6.36. The molecule has 0 bridgehead atoms. The maximum Gasteiger partial charge on any atom is 0.342 e. The molecule has 4 rings (SSSR count). The second-order valence-corrected chi connectivity index (χ2v) is 9.32. The van der Waals surface area contributed by atoms with Crippen LogP contribution < -0.4 is 21.5 Å². The number of methoxy groups -OCH3 is 1. The third-order valence-electron chi connectivity index (χ3n) is 5.59. The highest BCUT2D eigenvalue weighted by Crippen LogP contribution is 2.31. The molecule has 0 aliphatic carbocycles. The number of aromatic nitrogens is 5. The van der Waals surface area contributed by atoms with Gasteiger partial charge in [0.15, 0.2) is 5.69 Å². The Morgan fingerprint density at radius 2 is 1.72 bits per heavy atom. The first-order valence-corrected chi connectivity index (χ1v) is 11.8. The van der Waals surface area contributed by atoms with Crippen molar-refractivity contribution in [3.05, 3.63) is 106 Å². The minimum absolute atomic E-state index is 0.0155. The van der Waals surface area contributed by atoms with Crippen molar-refractivity contribution in [1.82, 2.24) is 24.7 Å². The molecule has 0 radical (unpaired) electrons. The number of hydrogen-bond acceptors (Lipinski definition) is 6. The van der Waals surface area contributed by atoms with E-state index in [1.165, 1.54) is 0 Å². The number of nitrogens with one attached hydrogen (secondary N) is 2. The average molecular weight is 528 g/mol. The van der Waals surface area contributed by atoms with Crippen molar-refractivity contribution in [1.29, 1.82) is 0 Å².